The number of benzene rings is 1. The van der Waals surface area contributed by atoms with Crippen LogP contribution in [0.5, 0.6) is 0 Å². The lowest BCUT2D eigenvalue weighted by molar-refractivity contribution is 0.986. The second kappa shape index (κ2) is 9.01. The van der Waals surface area contributed by atoms with Crippen LogP contribution in [-0.2, 0) is 6.42 Å². The second-order valence-corrected chi connectivity index (χ2v) is 3.05. The molecule has 0 saturated heterocycles. The van der Waals surface area contributed by atoms with E-state index in [1.807, 2.05) is 6.92 Å². The van der Waals surface area contributed by atoms with Gasteiger partial charge in [0.15, 0.2) is 0 Å². The molecule has 1 aliphatic carbocycles. The van der Waals surface area contributed by atoms with E-state index in [-0.39, 0.29) is 0 Å². The molecule has 0 atom stereocenters. The molecule has 1 aromatic rings. The van der Waals surface area contributed by atoms with Gasteiger partial charge < -0.3 is 0 Å². The van der Waals surface area contributed by atoms with Crippen LogP contribution in [0.1, 0.15) is 24.5 Å². The van der Waals surface area contributed by atoms with E-state index in [0.717, 1.165) is 0 Å². The average Bonchev–Trinajstić information content (AvgIpc) is 2.33. The summed E-state index contributed by atoms with van der Waals surface area (Å²) in [6, 6.07) is 8.58. The fourth-order valence-electron chi connectivity index (χ4n) is 1.37. The molecule has 0 spiro atoms. The molecular formula is C15H20. The average molecular weight is 200 g/mol. The molecule has 0 nitrogen and oxygen atoms in total. The maximum Gasteiger partial charge on any atom is -0.0228 e. The van der Waals surface area contributed by atoms with Crippen molar-refractivity contribution in [3.05, 3.63) is 67.3 Å². The number of hydrogen-bond acceptors (Lipinski definition) is 0. The van der Waals surface area contributed by atoms with Crippen LogP contribution in [0.15, 0.2) is 56.2 Å². The summed E-state index contributed by atoms with van der Waals surface area (Å²) in [6.07, 6.45) is 8.62. The summed E-state index contributed by atoms with van der Waals surface area (Å²) in [5, 5.41) is 0. The Balaban J connectivity index is 0.000000342. The maximum absolute atomic E-state index is 3.36. The minimum absolute atomic E-state index is 1.21. The van der Waals surface area contributed by atoms with Gasteiger partial charge in [-0.25, -0.2) is 0 Å². The fraction of sp³-hybridized carbons (Fsp3) is 0.200. The van der Waals surface area contributed by atoms with Crippen LogP contribution in [-0.4, -0.2) is 0 Å². The molecule has 1 aliphatic rings. The van der Waals surface area contributed by atoms with Gasteiger partial charge in [-0.3, -0.25) is 0 Å². The van der Waals surface area contributed by atoms with Crippen LogP contribution in [0, 0.1) is 0 Å². The van der Waals surface area contributed by atoms with E-state index in [9.17, 15) is 0 Å². The van der Waals surface area contributed by atoms with Crippen LogP contribution in [0.4, 0.5) is 0 Å². The number of aryl methyl sites for hydroxylation is 1. The Morgan fingerprint density at radius 3 is 2.40 bits per heavy atom. The van der Waals surface area contributed by atoms with Crippen molar-refractivity contribution in [2.24, 2.45) is 0 Å². The lowest BCUT2D eigenvalue weighted by atomic mass is 9.98. The number of rotatable bonds is 0. The Bertz CT molecular complexity index is 308. The van der Waals surface area contributed by atoms with Gasteiger partial charge in [0, 0.05) is 0 Å². The third-order valence-electron chi connectivity index (χ3n) is 1.93. The van der Waals surface area contributed by atoms with Gasteiger partial charge in [-0.05, 0) is 30.9 Å². The molecule has 0 aliphatic heterocycles. The van der Waals surface area contributed by atoms with E-state index in [4.69, 9.17) is 0 Å². The minimum atomic E-state index is 1.21. The molecule has 0 heterocycles. The normalized spacial score (nSPS) is 11.0. The second-order valence-electron chi connectivity index (χ2n) is 3.05. The zero-order valence-corrected chi connectivity index (χ0v) is 9.58. The number of fused-ring (bicyclic) bond motifs is 1. The van der Waals surface area contributed by atoms with Crippen LogP contribution >= 0.6 is 0 Å². The highest BCUT2D eigenvalue weighted by Gasteiger charge is 2.00. The summed E-state index contributed by atoms with van der Waals surface area (Å²) < 4.78 is 0. The standard InChI is InChI=1S/C10H10.C3H6.C2H4/c1-2-6-10-8-4-3-7-9(10)5-1;1-3-2;1-2/h1-3,5-7H,4,8H2;3H,1H2,2H3;1-2H2. The van der Waals surface area contributed by atoms with E-state index >= 15 is 0 Å². The topological polar surface area (TPSA) is 0 Å². The van der Waals surface area contributed by atoms with E-state index in [1.165, 1.54) is 24.0 Å². The van der Waals surface area contributed by atoms with E-state index < -0.39 is 0 Å². The number of allylic oxidation sites excluding steroid dienone is 2. The maximum atomic E-state index is 3.36. The van der Waals surface area contributed by atoms with Crippen molar-refractivity contribution < 1.29 is 0 Å². The van der Waals surface area contributed by atoms with Gasteiger partial charge in [-0.15, -0.1) is 19.7 Å². The lowest BCUT2D eigenvalue weighted by Crippen LogP contribution is -1.91. The molecule has 0 unspecified atom stereocenters. The van der Waals surface area contributed by atoms with Crippen LogP contribution in [0.2, 0.25) is 0 Å². The predicted octanol–water partition coefficient (Wildman–Crippen LogP) is 4.64. The summed E-state index contributed by atoms with van der Waals surface area (Å²) >= 11 is 0. The Morgan fingerprint density at radius 2 is 1.80 bits per heavy atom. The molecule has 2 rings (SSSR count). The largest absolute Gasteiger partial charge is 0.106 e. The van der Waals surface area contributed by atoms with Gasteiger partial charge in [0.1, 0.15) is 0 Å². The molecule has 0 radical (unpaired) electrons. The summed E-state index contributed by atoms with van der Waals surface area (Å²) in [6.45, 7) is 11.2. The van der Waals surface area contributed by atoms with E-state index in [0.29, 0.717) is 0 Å². The summed E-state index contributed by atoms with van der Waals surface area (Å²) in [5.74, 6) is 0. The monoisotopic (exact) mass is 200 g/mol. The first-order valence-corrected chi connectivity index (χ1v) is 5.20. The molecule has 0 heteroatoms. The Morgan fingerprint density at radius 1 is 1.20 bits per heavy atom. The SMILES string of the molecule is C1=Cc2ccccc2CC1.C=C.C=CC. The van der Waals surface area contributed by atoms with E-state index in [2.05, 4.69) is 56.2 Å². The number of hydrogen-bond donors (Lipinski definition) is 0. The Labute approximate surface area is 93.7 Å². The van der Waals surface area contributed by atoms with Gasteiger partial charge >= 0.3 is 0 Å². The van der Waals surface area contributed by atoms with E-state index in [1.54, 1.807) is 6.08 Å². The third-order valence-corrected chi connectivity index (χ3v) is 1.93. The highest BCUT2D eigenvalue weighted by molar-refractivity contribution is 5.55. The van der Waals surface area contributed by atoms with Gasteiger partial charge in [-0.2, -0.15) is 0 Å². The van der Waals surface area contributed by atoms with Crippen molar-refractivity contribution in [3.63, 3.8) is 0 Å². The van der Waals surface area contributed by atoms with Gasteiger partial charge in [0.05, 0.1) is 0 Å². The van der Waals surface area contributed by atoms with Gasteiger partial charge in [0.25, 0.3) is 0 Å². The molecular weight excluding hydrogens is 180 g/mol. The van der Waals surface area contributed by atoms with Gasteiger partial charge in [-0.1, -0.05) is 42.5 Å². The third kappa shape index (κ3) is 5.02. The van der Waals surface area contributed by atoms with Crippen molar-refractivity contribution in [1.29, 1.82) is 0 Å². The zero-order chi connectivity index (χ0) is 11.5. The minimum Gasteiger partial charge on any atom is -0.106 e. The first-order chi connectivity index (χ1) is 7.38. The summed E-state index contributed by atoms with van der Waals surface area (Å²) in [4.78, 5) is 0. The fourth-order valence-corrected chi connectivity index (χ4v) is 1.37. The van der Waals surface area contributed by atoms with Crippen molar-refractivity contribution in [1.82, 2.24) is 0 Å². The predicted molar refractivity (Wildman–Crippen MR) is 70.9 cm³/mol. The molecule has 0 saturated carbocycles. The van der Waals surface area contributed by atoms with Crippen molar-refractivity contribution in [2.75, 3.05) is 0 Å². The van der Waals surface area contributed by atoms with Crippen LogP contribution < -0.4 is 0 Å². The molecule has 0 fully saturated rings. The van der Waals surface area contributed by atoms with Crippen molar-refractivity contribution in [3.8, 4) is 0 Å². The molecule has 80 valence electrons. The summed E-state index contributed by atoms with van der Waals surface area (Å²) in [5.41, 5.74) is 2.89. The molecule has 0 bridgehead atoms. The Kier molecular flexibility index (Phi) is 8.08. The highest BCUT2D eigenvalue weighted by Crippen LogP contribution is 2.17. The summed E-state index contributed by atoms with van der Waals surface area (Å²) in [7, 11) is 0. The highest BCUT2D eigenvalue weighted by atomic mass is 14.1. The first kappa shape index (κ1) is 13.4. The van der Waals surface area contributed by atoms with Crippen LogP contribution in [0.25, 0.3) is 6.08 Å². The Hall–Kier alpha value is -1.56. The van der Waals surface area contributed by atoms with Crippen molar-refractivity contribution >= 4 is 6.08 Å². The van der Waals surface area contributed by atoms with Crippen molar-refractivity contribution in [2.45, 2.75) is 19.8 Å². The zero-order valence-electron chi connectivity index (χ0n) is 9.58. The van der Waals surface area contributed by atoms with Gasteiger partial charge in [0.2, 0.25) is 0 Å². The quantitative estimate of drug-likeness (QED) is 0.535. The molecule has 0 aromatic heterocycles. The lowest BCUT2D eigenvalue weighted by Gasteiger charge is -2.07. The first-order valence-electron chi connectivity index (χ1n) is 5.20. The molecule has 0 amide bonds. The molecule has 15 heavy (non-hydrogen) atoms. The molecule has 1 aromatic carbocycles. The molecule has 0 N–H and O–H groups in total. The van der Waals surface area contributed by atoms with Crippen LogP contribution in [0.3, 0.4) is 0 Å². The smallest absolute Gasteiger partial charge is 0.0228 e.